The van der Waals surface area contributed by atoms with Gasteiger partial charge < -0.3 is 5.32 Å². The number of rotatable bonds is 5. The Bertz CT molecular complexity index is 377. The molecule has 0 saturated carbocycles. The Labute approximate surface area is 95.8 Å². The fourth-order valence-corrected chi connectivity index (χ4v) is 1.57. The third kappa shape index (κ3) is 3.03. The molecule has 0 saturated heterocycles. The summed E-state index contributed by atoms with van der Waals surface area (Å²) in [5.41, 5.74) is 1.87. The van der Waals surface area contributed by atoms with Crippen LogP contribution in [0.25, 0.3) is 0 Å². The molecule has 1 aromatic carbocycles. The average Bonchev–Trinajstić information content (AvgIpc) is 2.26. The maximum absolute atomic E-state index is 10.8. The van der Waals surface area contributed by atoms with E-state index in [0.29, 0.717) is 5.56 Å². The van der Waals surface area contributed by atoms with Crippen molar-refractivity contribution in [1.82, 2.24) is 5.32 Å². The quantitative estimate of drug-likeness (QED) is 0.615. The van der Waals surface area contributed by atoms with E-state index in [1.807, 2.05) is 13.0 Å². The van der Waals surface area contributed by atoms with Crippen molar-refractivity contribution in [2.24, 2.45) is 0 Å². The van der Waals surface area contributed by atoms with Gasteiger partial charge in [-0.05, 0) is 32.4 Å². The smallest absolute Gasteiger partial charge is 0.272 e. The van der Waals surface area contributed by atoms with Gasteiger partial charge in [-0.15, -0.1) is 0 Å². The zero-order chi connectivity index (χ0) is 12.1. The van der Waals surface area contributed by atoms with Crippen molar-refractivity contribution < 1.29 is 4.92 Å². The molecule has 0 bridgehead atoms. The molecule has 4 nitrogen and oxygen atoms in total. The molecule has 1 atom stereocenters. The number of aryl methyl sites for hydroxylation is 1. The van der Waals surface area contributed by atoms with Crippen molar-refractivity contribution in [1.29, 1.82) is 0 Å². The third-order valence-electron chi connectivity index (χ3n) is 2.63. The lowest BCUT2D eigenvalue weighted by atomic mass is 10.0. The Morgan fingerprint density at radius 1 is 1.50 bits per heavy atom. The van der Waals surface area contributed by atoms with E-state index in [0.717, 1.165) is 18.5 Å². The first-order chi connectivity index (χ1) is 7.56. The van der Waals surface area contributed by atoms with E-state index in [2.05, 4.69) is 12.2 Å². The van der Waals surface area contributed by atoms with Gasteiger partial charge in [0.2, 0.25) is 0 Å². The number of nitrogens with one attached hydrogen (secondary N) is 1. The minimum absolute atomic E-state index is 0.152. The van der Waals surface area contributed by atoms with Crippen LogP contribution in [0, 0.1) is 17.0 Å². The van der Waals surface area contributed by atoms with Crippen molar-refractivity contribution in [2.75, 3.05) is 6.54 Å². The number of hydrogen-bond donors (Lipinski definition) is 1. The van der Waals surface area contributed by atoms with E-state index >= 15 is 0 Å². The molecule has 0 fully saturated rings. The third-order valence-corrected chi connectivity index (χ3v) is 2.63. The monoisotopic (exact) mass is 222 g/mol. The largest absolute Gasteiger partial charge is 0.310 e. The minimum Gasteiger partial charge on any atom is -0.310 e. The Morgan fingerprint density at radius 2 is 2.19 bits per heavy atom. The van der Waals surface area contributed by atoms with E-state index in [-0.39, 0.29) is 16.7 Å². The molecular formula is C12H18N2O2. The lowest BCUT2D eigenvalue weighted by molar-refractivity contribution is -0.385. The number of nitro benzene ring substituents is 1. The van der Waals surface area contributed by atoms with Gasteiger partial charge in [-0.1, -0.05) is 19.1 Å². The topological polar surface area (TPSA) is 55.2 Å². The van der Waals surface area contributed by atoms with Crippen LogP contribution in [-0.4, -0.2) is 11.5 Å². The van der Waals surface area contributed by atoms with E-state index in [1.54, 1.807) is 19.1 Å². The maximum Gasteiger partial charge on any atom is 0.272 e. The van der Waals surface area contributed by atoms with Crippen LogP contribution in [-0.2, 0) is 0 Å². The van der Waals surface area contributed by atoms with Gasteiger partial charge in [0, 0.05) is 17.7 Å². The fourth-order valence-electron chi connectivity index (χ4n) is 1.57. The Hall–Kier alpha value is -1.42. The lowest BCUT2D eigenvalue weighted by Gasteiger charge is -2.13. The van der Waals surface area contributed by atoms with Crippen molar-refractivity contribution in [3.05, 3.63) is 39.4 Å². The predicted molar refractivity (Wildman–Crippen MR) is 64.5 cm³/mol. The highest BCUT2D eigenvalue weighted by atomic mass is 16.6. The van der Waals surface area contributed by atoms with Gasteiger partial charge >= 0.3 is 0 Å². The standard InChI is InChI=1S/C12H18N2O2/c1-4-7-13-10(3)11-6-5-9(2)12(8-11)14(15)16/h5-6,8,10,13H,4,7H2,1-3H3. The fraction of sp³-hybridized carbons (Fsp3) is 0.500. The molecule has 0 spiro atoms. The molecule has 1 rings (SSSR count). The van der Waals surface area contributed by atoms with Gasteiger partial charge in [0.15, 0.2) is 0 Å². The molecule has 0 heterocycles. The first kappa shape index (κ1) is 12.6. The normalized spacial score (nSPS) is 12.4. The van der Waals surface area contributed by atoms with Crippen LogP contribution in [0.1, 0.15) is 37.4 Å². The van der Waals surface area contributed by atoms with Crippen molar-refractivity contribution >= 4 is 5.69 Å². The Kier molecular flexibility index (Phi) is 4.43. The van der Waals surface area contributed by atoms with Gasteiger partial charge in [0.25, 0.3) is 5.69 Å². The molecule has 0 aromatic heterocycles. The molecule has 0 amide bonds. The molecule has 1 unspecified atom stereocenters. The van der Waals surface area contributed by atoms with Crippen molar-refractivity contribution in [3.63, 3.8) is 0 Å². The molecule has 16 heavy (non-hydrogen) atoms. The molecule has 1 N–H and O–H groups in total. The van der Waals surface area contributed by atoms with Gasteiger partial charge in [0.05, 0.1) is 4.92 Å². The summed E-state index contributed by atoms with van der Waals surface area (Å²) in [6.07, 6.45) is 1.05. The molecule has 0 radical (unpaired) electrons. The summed E-state index contributed by atoms with van der Waals surface area (Å²) in [6, 6.07) is 5.55. The summed E-state index contributed by atoms with van der Waals surface area (Å²) in [5.74, 6) is 0. The van der Waals surface area contributed by atoms with Gasteiger partial charge in [0.1, 0.15) is 0 Å². The molecule has 1 aromatic rings. The number of nitro groups is 1. The highest BCUT2D eigenvalue weighted by Gasteiger charge is 2.13. The van der Waals surface area contributed by atoms with Gasteiger partial charge in [-0.2, -0.15) is 0 Å². The molecule has 4 heteroatoms. The van der Waals surface area contributed by atoms with Crippen molar-refractivity contribution in [2.45, 2.75) is 33.2 Å². The lowest BCUT2D eigenvalue weighted by Crippen LogP contribution is -2.19. The van der Waals surface area contributed by atoms with Crippen LogP contribution < -0.4 is 5.32 Å². The molecule has 0 aliphatic heterocycles. The van der Waals surface area contributed by atoms with E-state index in [1.165, 1.54) is 0 Å². The second kappa shape index (κ2) is 5.61. The SMILES string of the molecule is CCCNC(C)c1ccc(C)c([N+](=O)[O-])c1. The number of nitrogens with zero attached hydrogens (tertiary/aromatic N) is 1. The summed E-state index contributed by atoms with van der Waals surface area (Å²) in [7, 11) is 0. The van der Waals surface area contributed by atoms with Crippen LogP contribution in [0.2, 0.25) is 0 Å². The summed E-state index contributed by atoms with van der Waals surface area (Å²) in [5, 5.41) is 14.1. The Morgan fingerprint density at radius 3 is 2.75 bits per heavy atom. The second-order valence-electron chi connectivity index (χ2n) is 3.98. The summed E-state index contributed by atoms with van der Waals surface area (Å²) < 4.78 is 0. The van der Waals surface area contributed by atoms with Crippen LogP contribution in [0.5, 0.6) is 0 Å². The Balaban J connectivity index is 2.89. The molecular weight excluding hydrogens is 204 g/mol. The molecule has 0 aliphatic carbocycles. The first-order valence-electron chi connectivity index (χ1n) is 5.54. The van der Waals surface area contributed by atoms with E-state index < -0.39 is 0 Å². The average molecular weight is 222 g/mol. The zero-order valence-electron chi connectivity index (χ0n) is 9.99. The summed E-state index contributed by atoms with van der Waals surface area (Å²) >= 11 is 0. The van der Waals surface area contributed by atoms with E-state index in [4.69, 9.17) is 0 Å². The van der Waals surface area contributed by atoms with Crippen molar-refractivity contribution in [3.8, 4) is 0 Å². The zero-order valence-corrected chi connectivity index (χ0v) is 9.99. The minimum atomic E-state index is -0.328. The highest BCUT2D eigenvalue weighted by Crippen LogP contribution is 2.22. The van der Waals surface area contributed by atoms with Crippen LogP contribution in [0.4, 0.5) is 5.69 Å². The van der Waals surface area contributed by atoms with Crippen LogP contribution in [0.3, 0.4) is 0 Å². The van der Waals surface area contributed by atoms with Gasteiger partial charge in [-0.3, -0.25) is 10.1 Å². The van der Waals surface area contributed by atoms with Crippen LogP contribution >= 0.6 is 0 Å². The number of benzene rings is 1. The molecule has 0 aliphatic rings. The van der Waals surface area contributed by atoms with Gasteiger partial charge in [-0.25, -0.2) is 0 Å². The summed E-state index contributed by atoms with van der Waals surface area (Å²) in [6.45, 7) is 6.79. The predicted octanol–water partition coefficient (Wildman–Crippen LogP) is 2.96. The maximum atomic E-state index is 10.8. The first-order valence-corrected chi connectivity index (χ1v) is 5.54. The number of hydrogen-bond acceptors (Lipinski definition) is 3. The second-order valence-corrected chi connectivity index (χ2v) is 3.98. The highest BCUT2D eigenvalue weighted by molar-refractivity contribution is 5.43. The van der Waals surface area contributed by atoms with E-state index in [9.17, 15) is 10.1 Å². The van der Waals surface area contributed by atoms with Crippen LogP contribution in [0.15, 0.2) is 18.2 Å². The molecule has 88 valence electrons. The summed E-state index contributed by atoms with van der Waals surface area (Å²) in [4.78, 5) is 10.5.